The number of carbonyl (C=O) groups excluding carboxylic acids is 1. The average Bonchev–Trinajstić information content (AvgIpc) is 2.67. The first-order valence-corrected chi connectivity index (χ1v) is 9.25. The number of anilines is 1. The summed E-state index contributed by atoms with van der Waals surface area (Å²) in [6.07, 6.45) is 2.18. The molecule has 0 saturated heterocycles. The van der Waals surface area contributed by atoms with Crippen LogP contribution in [0.1, 0.15) is 24.5 Å². The number of hydrogen-bond acceptors (Lipinski definition) is 1. The maximum Gasteiger partial charge on any atom is 0.224 e. The van der Waals surface area contributed by atoms with Gasteiger partial charge in [-0.3, -0.25) is 4.79 Å². The molecule has 0 heterocycles. The summed E-state index contributed by atoms with van der Waals surface area (Å²) in [6.45, 7) is 2.16. The van der Waals surface area contributed by atoms with E-state index in [1.165, 1.54) is 16.7 Å². The molecule has 3 aromatic carbocycles. The fourth-order valence-corrected chi connectivity index (χ4v) is 3.08. The molecule has 0 saturated carbocycles. The lowest BCUT2D eigenvalue weighted by atomic mass is 9.99. The summed E-state index contributed by atoms with van der Waals surface area (Å²) in [7, 11) is 0. The topological polar surface area (TPSA) is 29.1 Å². The van der Waals surface area contributed by atoms with Crippen LogP contribution in [0.2, 0.25) is 5.02 Å². The molecule has 0 aliphatic carbocycles. The SMILES string of the molecule is CCc1ccc(-c2cccc(CCC(=O)Nc3cccc(Cl)c3)c2)cc1. The molecule has 1 N–H and O–H groups in total. The minimum Gasteiger partial charge on any atom is -0.326 e. The largest absolute Gasteiger partial charge is 0.326 e. The van der Waals surface area contributed by atoms with Crippen molar-refractivity contribution in [1.29, 1.82) is 0 Å². The average molecular weight is 364 g/mol. The summed E-state index contributed by atoms with van der Waals surface area (Å²) in [5.41, 5.74) is 5.60. The third-order valence-electron chi connectivity index (χ3n) is 4.37. The standard InChI is InChI=1S/C23H22ClNO/c1-2-17-9-12-19(13-10-17)20-6-3-5-18(15-20)11-14-23(26)25-22-8-4-7-21(24)16-22/h3-10,12-13,15-16H,2,11,14H2,1H3,(H,25,26). The lowest BCUT2D eigenvalue weighted by Crippen LogP contribution is -2.12. The highest BCUT2D eigenvalue weighted by atomic mass is 35.5. The van der Waals surface area contributed by atoms with Gasteiger partial charge in [-0.2, -0.15) is 0 Å². The first kappa shape index (κ1) is 18.2. The normalized spacial score (nSPS) is 10.5. The summed E-state index contributed by atoms with van der Waals surface area (Å²) in [5, 5.41) is 3.50. The maximum absolute atomic E-state index is 12.2. The number of aryl methyl sites for hydroxylation is 2. The number of amides is 1. The predicted octanol–water partition coefficient (Wildman–Crippen LogP) is 6.14. The van der Waals surface area contributed by atoms with Gasteiger partial charge in [0.1, 0.15) is 0 Å². The quantitative estimate of drug-likeness (QED) is 0.559. The second-order valence-corrected chi connectivity index (χ2v) is 6.75. The Morgan fingerprint density at radius 2 is 1.65 bits per heavy atom. The Balaban J connectivity index is 1.62. The molecule has 0 bridgehead atoms. The van der Waals surface area contributed by atoms with E-state index in [9.17, 15) is 4.79 Å². The fraction of sp³-hybridized carbons (Fsp3) is 0.174. The Hall–Kier alpha value is -2.58. The molecule has 0 aliphatic heterocycles. The Bertz CT molecular complexity index is 887. The van der Waals surface area contributed by atoms with Gasteiger partial charge in [-0.25, -0.2) is 0 Å². The molecule has 132 valence electrons. The van der Waals surface area contributed by atoms with Crippen molar-refractivity contribution in [2.75, 3.05) is 5.32 Å². The molecule has 0 aliphatic rings. The van der Waals surface area contributed by atoms with Gasteiger partial charge in [-0.15, -0.1) is 0 Å². The highest BCUT2D eigenvalue weighted by Crippen LogP contribution is 2.22. The van der Waals surface area contributed by atoms with Gasteiger partial charge in [0.05, 0.1) is 0 Å². The van der Waals surface area contributed by atoms with Crippen LogP contribution < -0.4 is 5.32 Å². The first-order chi connectivity index (χ1) is 12.6. The Labute approximate surface area is 159 Å². The molecule has 1 amide bonds. The van der Waals surface area contributed by atoms with Gasteiger partial charge in [0, 0.05) is 17.1 Å². The van der Waals surface area contributed by atoms with Crippen molar-refractivity contribution in [2.24, 2.45) is 0 Å². The van der Waals surface area contributed by atoms with E-state index in [2.05, 4.69) is 54.7 Å². The molecule has 0 unspecified atom stereocenters. The molecule has 3 aromatic rings. The van der Waals surface area contributed by atoms with E-state index in [0.717, 1.165) is 17.7 Å². The molecule has 0 fully saturated rings. The summed E-state index contributed by atoms with van der Waals surface area (Å²) in [6, 6.07) is 24.2. The third-order valence-corrected chi connectivity index (χ3v) is 4.61. The van der Waals surface area contributed by atoms with E-state index < -0.39 is 0 Å². The molecule has 3 heteroatoms. The van der Waals surface area contributed by atoms with Crippen LogP contribution in [0.4, 0.5) is 5.69 Å². The lowest BCUT2D eigenvalue weighted by molar-refractivity contribution is -0.116. The van der Waals surface area contributed by atoms with Crippen LogP contribution in [0.3, 0.4) is 0 Å². The smallest absolute Gasteiger partial charge is 0.224 e. The van der Waals surface area contributed by atoms with E-state index in [0.29, 0.717) is 17.9 Å². The number of carbonyl (C=O) groups is 1. The van der Waals surface area contributed by atoms with Crippen LogP contribution in [0.15, 0.2) is 72.8 Å². The predicted molar refractivity (Wildman–Crippen MR) is 110 cm³/mol. The number of rotatable bonds is 6. The Morgan fingerprint density at radius 1 is 0.885 bits per heavy atom. The third kappa shape index (κ3) is 4.96. The van der Waals surface area contributed by atoms with Crippen LogP contribution in [0, 0.1) is 0 Å². The van der Waals surface area contributed by atoms with Crippen LogP contribution in [0.5, 0.6) is 0 Å². The highest BCUT2D eigenvalue weighted by Gasteiger charge is 2.05. The summed E-state index contributed by atoms with van der Waals surface area (Å²) in [5.74, 6) is -0.00929. The summed E-state index contributed by atoms with van der Waals surface area (Å²) < 4.78 is 0. The Morgan fingerprint density at radius 3 is 2.38 bits per heavy atom. The summed E-state index contributed by atoms with van der Waals surface area (Å²) in [4.78, 5) is 12.2. The molecule has 3 rings (SSSR count). The molecular formula is C23H22ClNO. The number of nitrogens with one attached hydrogen (secondary N) is 1. The second kappa shape index (κ2) is 8.68. The summed E-state index contributed by atoms with van der Waals surface area (Å²) >= 11 is 5.94. The molecule has 0 spiro atoms. The van der Waals surface area contributed by atoms with Gasteiger partial charge in [0.15, 0.2) is 0 Å². The zero-order valence-corrected chi connectivity index (χ0v) is 15.6. The van der Waals surface area contributed by atoms with E-state index in [1.807, 2.05) is 18.2 Å². The van der Waals surface area contributed by atoms with Crippen molar-refractivity contribution >= 4 is 23.2 Å². The van der Waals surface area contributed by atoms with Crippen LogP contribution in [-0.2, 0) is 17.6 Å². The van der Waals surface area contributed by atoms with Crippen LogP contribution in [0.25, 0.3) is 11.1 Å². The van der Waals surface area contributed by atoms with Crippen molar-refractivity contribution in [1.82, 2.24) is 0 Å². The van der Waals surface area contributed by atoms with Crippen molar-refractivity contribution in [3.8, 4) is 11.1 Å². The van der Waals surface area contributed by atoms with Crippen LogP contribution in [-0.4, -0.2) is 5.91 Å². The Kier molecular flexibility index (Phi) is 6.08. The molecule has 0 radical (unpaired) electrons. The van der Waals surface area contributed by atoms with Crippen molar-refractivity contribution in [3.63, 3.8) is 0 Å². The monoisotopic (exact) mass is 363 g/mol. The van der Waals surface area contributed by atoms with Gasteiger partial charge in [-0.05, 0) is 53.3 Å². The molecule has 2 nitrogen and oxygen atoms in total. The molecule has 26 heavy (non-hydrogen) atoms. The van der Waals surface area contributed by atoms with Crippen molar-refractivity contribution < 1.29 is 4.79 Å². The van der Waals surface area contributed by atoms with Gasteiger partial charge < -0.3 is 5.32 Å². The van der Waals surface area contributed by atoms with Gasteiger partial charge in [0.25, 0.3) is 0 Å². The minimum absolute atomic E-state index is 0.00929. The molecule has 0 atom stereocenters. The van der Waals surface area contributed by atoms with Crippen molar-refractivity contribution in [3.05, 3.63) is 88.9 Å². The van der Waals surface area contributed by atoms with E-state index in [4.69, 9.17) is 11.6 Å². The van der Waals surface area contributed by atoms with Crippen molar-refractivity contribution in [2.45, 2.75) is 26.2 Å². The lowest BCUT2D eigenvalue weighted by Gasteiger charge is -2.08. The minimum atomic E-state index is -0.00929. The zero-order chi connectivity index (χ0) is 18.4. The first-order valence-electron chi connectivity index (χ1n) is 8.87. The maximum atomic E-state index is 12.2. The van der Waals surface area contributed by atoms with Crippen LogP contribution >= 0.6 is 11.6 Å². The van der Waals surface area contributed by atoms with E-state index >= 15 is 0 Å². The fourth-order valence-electron chi connectivity index (χ4n) is 2.89. The second-order valence-electron chi connectivity index (χ2n) is 6.31. The number of benzene rings is 3. The molecule has 0 aromatic heterocycles. The molecular weight excluding hydrogens is 342 g/mol. The zero-order valence-electron chi connectivity index (χ0n) is 14.8. The highest BCUT2D eigenvalue weighted by molar-refractivity contribution is 6.30. The van der Waals surface area contributed by atoms with Gasteiger partial charge in [0.2, 0.25) is 5.91 Å². The number of halogens is 1. The van der Waals surface area contributed by atoms with Gasteiger partial charge in [-0.1, -0.05) is 73.1 Å². The van der Waals surface area contributed by atoms with E-state index in [-0.39, 0.29) is 5.91 Å². The van der Waals surface area contributed by atoms with Gasteiger partial charge >= 0.3 is 0 Å². The van der Waals surface area contributed by atoms with E-state index in [1.54, 1.807) is 12.1 Å². The number of hydrogen-bond donors (Lipinski definition) is 1.